The lowest BCUT2D eigenvalue weighted by Gasteiger charge is -2.25. The molecule has 5 heteroatoms. The summed E-state index contributed by atoms with van der Waals surface area (Å²) in [5.41, 5.74) is 2.55. The number of esters is 1. The van der Waals surface area contributed by atoms with Gasteiger partial charge in [-0.15, -0.1) is 0 Å². The zero-order valence-corrected chi connectivity index (χ0v) is 16.9. The van der Waals surface area contributed by atoms with Crippen molar-refractivity contribution in [1.29, 1.82) is 0 Å². The maximum absolute atomic E-state index is 12.5. The van der Waals surface area contributed by atoms with E-state index in [1.807, 2.05) is 43.3 Å². The minimum Gasteiger partial charge on any atom is -0.489 e. The average Bonchev–Trinajstić information content (AvgIpc) is 3.04. The lowest BCUT2D eigenvalue weighted by molar-refractivity contribution is 0.0163. The van der Waals surface area contributed by atoms with Crippen molar-refractivity contribution in [3.05, 3.63) is 65.9 Å². The number of aromatic nitrogens is 1. The van der Waals surface area contributed by atoms with Crippen LogP contribution in [-0.2, 0) is 4.74 Å². The molecule has 2 aromatic carbocycles. The second-order valence-corrected chi connectivity index (χ2v) is 8.00. The Kier molecular flexibility index (Phi) is 6.05. The fourth-order valence-electron chi connectivity index (χ4n) is 2.92. The molecule has 0 saturated carbocycles. The van der Waals surface area contributed by atoms with E-state index in [0.29, 0.717) is 12.1 Å². The molecule has 0 spiro atoms. The number of carbonyl (C=O) groups is 1. The smallest absolute Gasteiger partial charge is 0.338 e. The van der Waals surface area contributed by atoms with Crippen LogP contribution in [-0.4, -0.2) is 35.7 Å². The zero-order valence-electron chi connectivity index (χ0n) is 16.9. The Morgan fingerprint density at radius 3 is 2.57 bits per heavy atom. The molecule has 0 bridgehead atoms. The summed E-state index contributed by atoms with van der Waals surface area (Å²) in [5, 5.41) is 4.42. The highest BCUT2D eigenvalue weighted by atomic mass is 16.6. The lowest BCUT2D eigenvalue weighted by atomic mass is 10.1. The molecule has 3 aromatic rings. The largest absolute Gasteiger partial charge is 0.489 e. The van der Waals surface area contributed by atoms with Crippen molar-refractivity contribution < 1.29 is 14.3 Å². The van der Waals surface area contributed by atoms with Crippen molar-refractivity contribution >= 4 is 16.9 Å². The first kappa shape index (κ1) is 20.0. The molecule has 0 aliphatic carbocycles. The van der Waals surface area contributed by atoms with Gasteiger partial charge in [0.05, 0.1) is 5.56 Å². The molecular weight excluding hydrogens is 352 g/mol. The van der Waals surface area contributed by atoms with Crippen LogP contribution in [0.4, 0.5) is 0 Å². The molecule has 0 unspecified atom stereocenters. The number of hydrogen-bond donors (Lipinski definition) is 2. The summed E-state index contributed by atoms with van der Waals surface area (Å²) in [6, 6.07) is 17.0. The quantitative estimate of drug-likeness (QED) is 0.594. The number of H-pyrrole nitrogens is 1. The summed E-state index contributed by atoms with van der Waals surface area (Å²) in [6.07, 6.45) is -0.415. The fourth-order valence-corrected chi connectivity index (χ4v) is 2.92. The predicted molar refractivity (Wildman–Crippen MR) is 112 cm³/mol. The number of fused-ring (bicyclic) bond motifs is 1. The number of nitrogens with one attached hydrogen (secondary N) is 2. The van der Waals surface area contributed by atoms with Gasteiger partial charge in [-0.2, -0.15) is 0 Å². The Balaban J connectivity index is 1.71. The van der Waals surface area contributed by atoms with Crippen molar-refractivity contribution in [3.63, 3.8) is 0 Å². The zero-order chi connectivity index (χ0) is 20.1. The van der Waals surface area contributed by atoms with Gasteiger partial charge in [-0.1, -0.05) is 24.3 Å². The maximum Gasteiger partial charge on any atom is 0.338 e. The van der Waals surface area contributed by atoms with E-state index in [1.165, 1.54) is 0 Å². The first-order valence-electron chi connectivity index (χ1n) is 9.54. The Labute approximate surface area is 166 Å². The van der Waals surface area contributed by atoms with Crippen LogP contribution >= 0.6 is 0 Å². The van der Waals surface area contributed by atoms with Gasteiger partial charge >= 0.3 is 5.97 Å². The predicted octanol–water partition coefficient (Wildman–Crippen LogP) is 4.47. The van der Waals surface area contributed by atoms with E-state index in [4.69, 9.17) is 9.47 Å². The van der Waals surface area contributed by atoms with Crippen LogP contribution in [0.1, 0.15) is 36.8 Å². The highest BCUT2D eigenvalue weighted by molar-refractivity contribution is 5.89. The fraction of sp³-hybridized carbons (Fsp3) is 0.348. The first-order chi connectivity index (χ1) is 13.3. The molecule has 3 rings (SSSR count). The van der Waals surface area contributed by atoms with E-state index in [1.54, 1.807) is 12.1 Å². The molecule has 1 aromatic heterocycles. The van der Waals surface area contributed by atoms with Gasteiger partial charge in [0.15, 0.2) is 0 Å². The third-order valence-electron chi connectivity index (χ3n) is 4.33. The molecule has 0 amide bonds. The molecule has 0 saturated heterocycles. The van der Waals surface area contributed by atoms with Crippen molar-refractivity contribution in [3.8, 4) is 5.75 Å². The van der Waals surface area contributed by atoms with E-state index < -0.39 is 6.10 Å². The molecule has 0 aliphatic rings. The monoisotopic (exact) mass is 380 g/mol. The van der Waals surface area contributed by atoms with Gasteiger partial charge in [0.25, 0.3) is 0 Å². The van der Waals surface area contributed by atoms with Crippen LogP contribution < -0.4 is 10.1 Å². The van der Waals surface area contributed by atoms with E-state index in [0.717, 1.165) is 22.3 Å². The Bertz CT molecular complexity index is 926. The van der Waals surface area contributed by atoms with Crippen LogP contribution in [0.2, 0.25) is 0 Å². The van der Waals surface area contributed by atoms with E-state index in [9.17, 15) is 4.79 Å². The van der Waals surface area contributed by atoms with Gasteiger partial charge in [0, 0.05) is 28.7 Å². The number of rotatable bonds is 7. The Morgan fingerprint density at radius 1 is 1.11 bits per heavy atom. The number of aryl methyl sites for hydroxylation is 1. The van der Waals surface area contributed by atoms with Gasteiger partial charge in [0.2, 0.25) is 0 Å². The molecule has 0 fully saturated rings. The van der Waals surface area contributed by atoms with Crippen LogP contribution in [0.3, 0.4) is 0 Å². The minimum atomic E-state index is -0.415. The van der Waals surface area contributed by atoms with Gasteiger partial charge < -0.3 is 19.8 Å². The second kappa shape index (κ2) is 8.48. The summed E-state index contributed by atoms with van der Waals surface area (Å²) >= 11 is 0. The molecule has 148 valence electrons. The standard InChI is InChI=1S/C23H28N2O3/c1-16-13-19-20(25-16)11-8-12-21(19)27-15-18(14-24-23(2,3)4)28-22(26)17-9-6-5-7-10-17/h5-13,18,24-25H,14-15H2,1-4H3/t18-/m1/s1. The topological polar surface area (TPSA) is 63.4 Å². The summed E-state index contributed by atoms with van der Waals surface area (Å²) in [4.78, 5) is 15.8. The normalized spacial score (nSPS) is 12.7. The van der Waals surface area contributed by atoms with E-state index in [-0.39, 0.29) is 18.1 Å². The van der Waals surface area contributed by atoms with Gasteiger partial charge in [-0.3, -0.25) is 0 Å². The maximum atomic E-state index is 12.5. The minimum absolute atomic E-state index is 0.0881. The summed E-state index contributed by atoms with van der Waals surface area (Å²) in [5.74, 6) is 0.430. The number of hydrogen-bond acceptors (Lipinski definition) is 4. The number of aromatic amines is 1. The van der Waals surface area contributed by atoms with Crippen molar-refractivity contribution in [2.75, 3.05) is 13.2 Å². The number of carbonyl (C=O) groups excluding carboxylic acids is 1. The van der Waals surface area contributed by atoms with E-state index >= 15 is 0 Å². The highest BCUT2D eigenvalue weighted by Crippen LogP contribution is 2.26. The average molecular weight is 380 g/mol. The molecule has 28 heavy (non-hydrogen) atoms. The highest BCUT2D eigenvalue weighted by Gasteiger charge is 2.20. The van der Waals surface area contributed by atoms with Crippen LogP contribution in [0.25, 0.3) is 10.9 Å². The molecule has 1 heterocycles. The van der Waals surface area contributed by atoms with Gasteiger partial charge in [-0.25, -0.2) is 4.79 Å². The van der Waals surface area contributed by atoms with Crippen molar-refractivity contribution in [1.82, 2.24) is 10.3 Å². The third kappa shape index (κ3) is 5.36. The lowest BCUT2D eigenvalue weighted by Crippen LogP contribution is -2.44. The third-order valence-corrected chi connectivity index (χ3v) is 4.33. The van der Waals surface area contributed by atoms with Gasteiger partial charge in [0.1, 0.15) is 18.5 Å². The molecule has 5 nitrogen and oxygen atoms in total. The Morgan fingerprint density at radius 2 is 1.86 bits per heavy atom. The SMILES string of the molecule is Cc1cc2c(OC[C@@H](CNC(C)(C)C)OC(=O)c3ccccc3)cccc2[nH]1. The first-order valence-corrected chi connectivity index (χ1v) is 9.54. The van der Waals surface area contributed by atoms with Crippen molar-refractivity contribution in [2.24, 2.45) is 0 Å². The van der Waals surface area contributed by atoms with Crippen LogP contribution in [0, 0.1) is 6.92 Å². The van der Waals surface area contributed by atoms with Crippen LogP contribution in [0.5, 0.6) is 5.75 Å². The summed E-state index contributed by atoms with van der Waals surface area (Å²) in [6.45, 7) is 9.02. The summed E-state index contributed by atoms with van der Waals surface area (Å²) < 4.78 is 11.8. The molecule has 2 N–H and O–H groups in total. The summed E-state index contributed by atoms with van der Waals surface area (Å²) in [7, 11) is 0. The van der Waals surface area contributed by atoms with Gasteiger partial charge in [-0.05, 0) is 58.0 Å². The van der Waals surface area contributed by atoms with E-state index in [2.05, 4.69) is 37.1 Å². The van der Waals surface area contributed by atoms with Crippen LogP contribution in [0.15, 0.2) is 54.6 Å². The molecule has 0 radical (unpaired) electrons. The van der Waals surface area contributed by atoms with Crippen molar-refractivity contribution in [2.45, 2.75) is 39.3 Å². The number of benzene rings is 2. The molecule has 1 atom stereocenters. The number of ether oxygens (including phenoxy) is 2. The molecular formula is C23H28N2O3. The molecule has 0 aliphatic heterocycles. The second-order valence-electron chi connectivity index (χ2n) is 8.00. The Hall–Kier alpha value is -2.79.